The number of anilines is 1. The Labute approximate surface area is 96.6 Å². The van der Waals surface area contributed by atoms with Crippen molar-refractivity contribution in [1.82, 2.24) is 14.8 Å². The average molecular weight is 243 g/mol. The fourth-order valence-electron chi connectivity index (χ4n) is 1.20. The van der Waals surface area contributed by atoms with E-state index in [-0.39, 0.29) is 5.82 Å². The van der Waals surface area contributed by atoms with Crippen molar-refractivity contribution in [3.8, 4) is 11.4 Å². The van der Waals surface area contributed by atoms with Gasteiger partial charge in [0.15, 0.2) is 0 Å². The molecule has 0 saturated heterocycles. The minimum atomic E-state index is 0.252. The highest BCUT2D eigenvalue weighted by molar-refractivity contribution is 6.37. The van der Waals surface area contributed by atoms with Crippen LogP contribution in [0, 0.1) is 0 Å². The van der Waals surface area contributed by atoms with Gasteiger partial charge in [-0.15, -0.1) is 0 Å². The second-order valence-electron chi connectivity index (χ2n) is 3.06. The van der Waals surface area contributed by atoms with Crippen molar-refractivity contribution >= 4 is 29.0 Å². The van der Waals surface area contributed by atoms with Gasteiger partial charge < -0.3 is 5.73 Å². The van der Waals surface area contributed by atoms with Crippen LogP contribution in [0.5, 0.6) is 0 Å². The Hall–Kier alpha value is -1.26. The van der Waals surface area contributed by atoms with Crippen LogP contribution in [0.25, 0.3) is 11.4 Å². The molecule has 0 saturated carbocycles. The van der Waals surface area contributed by atoms with Crippen LogP contribution in [0.15, 0.2) is 18.3 Å². The van der Waals surface area contributed by atoms with E-state index in [0.717, 1.165) is 0 Å². The highest BCUT2D eigenvalue weighted by Gasteiger charge is 2.11. The minimum absolute atomic E-state index is 0.252. The summed E-state index contributed by atoms with van der Waals surface area (Å²) in [5.74, 6) is 0.252. The van der Waals surface area contributed by atoms with Crippen molar-refractivity contribution in [3.63, 3.8) is 0 Å². The smallest absolute Gasteiger partial charge is 0.143 e. The van der Waals surface area contributed by atoms with Crippen molar-refractivity contribution in [3.05, 3.63) is 28.4 Å². The predicted octanol–water partition coefficient (Wildman–Crippen LogP) is 2.37. The van der Waals surface area contributed by atoms with E-state index in [0.29, 0.717) is 21.4 Å². The number of hydrogen-bond acceptors (Lipinski definition) is 3. The first-order valence-corrected chi connectivity index (χ1v) is 4.95. The van der Waals surface area contributed by atoms with Crippen molar-refractivity contribution < 1.29 is 0 Å². The molecule has 0 aliphatic heterocycles. The number of halogens is 2. The zero-order chi connectivity index (χ0) is 11.0. The molecule has 0 radical (unpaired) electrons. The third-order valence-corrected chi connectivity index (χ3v) is 2.50. The van der Waals surface area contributed by atoms with E-state index >= 15 is 0 Å². The number of pyridine rings is 1. The minimum Gasteiger partial charge on any atom is -0.382 e. The molecule has 15 heavy (non-hydrogen) atoms. The van der Waals surface area contributed by atoms with Crippen molar-refractivity contribution in [1.29, 1.82) is 0 Å². The molecule has 2 aromatic heterocycles. The predicted molar refractivity (Wildman–Crippen MR) is 60.9 cm³/mol. The first-order chi connectivity index (χ1) is 7.08. The van der Waals surface area contributed by atoms with Gasteiger partial charge in [-0.2, -0.15) is 5.10 Å². The standard InChI is InChI=1S/C9H8Cl2N4/c1-15-3-2-7(14-15)8-5(10)4-6(11)9(12)13-8/h2-4H,1H3,(H2,12,13). The number of hydrogen-bond donors (Lipinski definition) is 1. The van der Waals surface area contributed by atoms with Crippen LogP contribution in [-0.2, 0) is 7.05 Å². The van der Waals surface area contributed by atoms with Gasteiger partial charge in [0.25, 0.3) is 0 Å². The Morgan fingerprint density at radius 2 is 2.07 bits per heavy atom. The Morgan fingerprint density at radius 1 is 1.33 bits per heavy atom. The maximum Gasteiger partial charge on any atom is 0.143 e. The van der Waals surface area contributed by atoms with Gasteiger partial charge in [-0.05, 0) is 12.1 Å². The Balaban J connectivity index is 2.58. The molecule has 0 fully saturated rings. The lowest BCUT2D eigenvalue weighted by Crippen LogP contribution is -1.96. The topological polar surface area (TPSA) is 56.7 Å². The maximum absolute atomic E-state index is 5.99. The summed E-state index contributed by atoms with van der Waals surface area (Å²) in [4.78, 5) is 4.09. The molecule has 2 heterocycles. The fourth-order valence-corrected chi connectivity index (χ4v) is 1.66. The lowest BCUT2D eigenvalue weighted by atomic mass is 10.3. The second kappa shape index (κ2) is 3.72. The van der Waals surface area contributed by atoms with Crippen molar-refractivity contribution in [2.24, 2.45) is 7.05 Å². The highest BCUT2D eigenvalue weighted by Crippen LogP contribution is 2.29. The highest BCUT2D eigenvalue weighted by atomic mass is 35.5. The zero-order valence-corrected chi connectivity index (χ0v) is 9.42. The SMILES string of the molecule is Cn1ccc(-c2nc(N)c(Cl)cc2Cl)n1. The summed E-state index contributed by atoms with van der Waals surface area (Å²) in [5, 5.41) is 4.97. The van der Waals surface area contributed by atoms with Gasteiger partial charge in [0, 0.05) is 13.2 Å². The van der Waals surface area contributed by atoms with Gasteiger partial charge >= 0.3 is 0 Å². The Kier molecular flexibility index (Phi) is 2.54. The summed E-state index contributed by atoms with van der Waals surface area (Å²) in [6.07, 6.45) is 1.80. The van der Waals surface area contributed by atoms with E-state index in [1.165, 1.54) is 0 Å². The average Bonchev–Trinajstić information content (AvgIpc) is 2.58. The first kappa shape index (κ1) is 10.3. The maximum atomic E-state index is 5.99. The van der Waals surface area contributed by atoms with Crippen molar-refractivity contribution in [2.75, 3.05) is 5.73 Å². The molecule has 0 aliphatic carbocycles. The van der Waals surface area contributed by atoms with E-state index < -0.39 is 0 Å². The number of nitrogens with two attached hydrogens (primary N) is 1. The largest absolute Gasteiger partial charge is 0.382 e. The lowest BCUT2D eigenvalue weighted by molar-refractivity contribution is 0.770. The molecule has 0 atom stereocenters. The van der Waals surface area contributed by atoms with Gasteiger partial charge in [0.1, 0.15) is 17.2 Å². The molecule has 0 aliphatic rings. The molecular formula is C9H8Cl2N4. The van der Waals surface area contributed by atoms with Crippen LogP contribution in [0.2, 0.25) is 10.0 Å². The Morgan fingerprint density at radius 3 is 2.67 bits per heavy atom. The molecule has 0 unspecified atom stereocenters. The van der Waals surface area contributed by atoms with Crippen LogP contribution >= 0.6 is 23.2 Å². The molecule has 2 rings (SSSR count). The van der Waals surface area contributed by atoms with E-state index in [1.54, 1.807) is 16.9 Å². The summed E-state index contributed by atoms with van der Waals surface area (Å²) in [6, 6.07) is 3.37. The van der Waals surface area contributed by atoms with Gasteiger partial charge in [-0.25, -0.2) is 4.98 Å². The number of aryl methyl sites for hydroxylation is 1. The second-order valence-corrected chi connectivity index (χ2v) is 3.87. The van der Waals surface area contributed by atoms with Gasteiger partial charge in [-0.3, -0.25) is 4.68 Å². The molecule has 0 bridgehead atoms. The van der Waals surface area contributed by atoms with E-state index in [1.807, 2.05) is 13.1 Å². The third kappa shape index (κ3) is 1.91. The van der Waals surface area contributed by atoms with Crippen LogP contribution in [-0.4, -0.2) is 14.8 Å². The molecule has 0 spiro atoms. The van der Waals surface area contributed by atoms with Crippen LogP contribution < -0.4 is 5.73 Å². The van der Waals surface area contributed by atoms with Gasteiger partial charge in [0.05, 0.1) is 10.0 Å². The number of aromatic nitrogens is 3. The number of nitrogens with zero attached hydrogens (tertiary/aromatic N) is 3. The lowest BCUT2D eigenvalue weighted by Gasteiger charge is -2.03. The molecule has 78 valence electrons. The molecular weight excluding hydrogens is 235 g/mol. The Bertz CT molecular complexity index is 507. The van der Waals surface area contributed by atoms with Gasteiger partial charge in [0.2, 0.25) is 0 Å². The first-order valence-electron chi connectivity index (χ1n) is 4.19. The normalized spacial score (nSPS) is 10.6. The van der Waals surface area contributed by atoms with E-state index in [2.05, 4.69) is 10.1 Å². The molecule has 6 heteroatoms. The summed E-state index contributed by atoms with van der Waals surface area (Å²) in [7, 11) is 1.82. The van der Waals surface area contributed by atoms with Crippen LogP contribution in [0.4, 0.5) is 5.82 Å². The zero-order valence-electron chi connectivity index (χ0n) is 7.91. The van der Waals surface area contributed by atoms with E-state index in [9.17, 15) is 0 Å². The third-order valence-electron chi connectivity index (χ3n) is 1.91. The van der Waals surface area contributed by atoms with Crippen LogP contribution in [0.1, 0.15) is 0 Å². The van der Waals surface area contributed by atoms with Crippen LogP contribution in [0.3, 0.4) is 0 Å². The molecule has 2 N–H and O–H groups in total. The summed E-state index contributed by atoms with van der Waals surface area (Å²) >= 11 is 11.8. The monoisotopic (exact) mass is 242 g/mol. The molecule has 0 aromatic carbocycles. The quantitative estimate of drug-likeness (QED) is 0.836. The van der Waals surface area contributed by atoms with E-state index in [4.69, 9.17) is 28.9 Å². The number of nitrogen functional groups attached to an aromatic ring is 1. The summed E-state index contributed by atoms with van der Waals surface area (Å²) in [5.41, 5.74) is 6.81. The molecule has 4 nitrogen and oxygen atoms in total. The molecule has 2 aromatic rings. The van der Waals surface area contributed by atoms with Crippen molar-refractivity contribution in [2.45, 2.75) is 0 Å². The summed E-state index contributed by atoms with van der Waals surface area (Å²) < 4.78 is 1.66. The molecule has 0 amide bonds. The fraction of sp³-hybridized carbons (Fsp3) is 0.111. The summed E-state index contributed by atoms with van der Waals surface area (Å²) in [6.45, 7) is 0. The number of rotatable bonds is 1. The van der Waals surface area contributed by atoms with Gasteiger partial charge in [-0.1, -0.05) is 23.2 Å².